The second-order valence-electron chi connectivity index (χ2n) is 5.48. The van der Waals surface area contributed by atoms with Gasteiger partial charge in [0, 0.05) is 6.42 Å². The van der Waals surface area contributed by atoms with Gasteiger partial charge < -0.3 is 27.2 Å². The van der Waals surface area contributed by atoms with Crippen molar-refractivity contribution in [1.82, 2.24) is 10.6 Å². The average Bonchev–Trinajstić information content (AvgIpc) is 2.56. The second kappa shape index (κ2) is 10.0. The number of carbonyl (C=O) groups is 4. The lowest BCUT2D eigenvalue weighted by atomic mass is 10.1. The first-order valence-corrected chi connectivity index (χ1v) is 7.67. The number of amides is 3. The van der Waals surface area contributed by atoms with E-state index in [1.54, 1.807) is 0 Å². The summed E-state index contributed by atoms with van der Waals surface area (Å²) in [7, 11) is 0. The molecular formula is C16H22N4O5. The smallest absolute Gasteiger partial charge is 0.326 e. The maximum Gasteiger partial charge on any atom is 0.326 e. The fraction of sp³-hybridized carbons (Fsp3) is 0.375. The highest BCUT2D eigenvalue weighted by Gasteiger charge is 2.21. The van der Waals surface area contributed by atoms with E-state index >= 15 is 0 Å². The monoisotopic (exact) mass is 350 g/mol. The quantitative estimate of drug-likeness (QED) is 0.345. The van der Waals surface area contributed by atoms with Gasteiger partial charge in [-0.2, -0.15) is 0 Å². The van der Waals surface area contributed by atoms with Gasteiger partial charge in [-0.3, -0.25) is 14.4 Å². The average molecular weight is 350 g/mol. The van der Waals surface area contributed by atoms with Crippen molar-refractivity contribution in [2.75, 3.05) is 6.54 Å². The number of carboxylic acid groups (broad SMARTS) is 1. The first kappa shape index (κ1) is 20.1. The Hall–Kier alpha value is -2.94. The number of hydrogen-bond acceptors (Lipinski definition) is 5. The van der Waals surface area contributed by atoms with Gasteiger partial charge in [0.05, 0.1) is 12.6 Å². The number of rotatable bonds is 10. The van der Waals surface area contributed by atoms with Crippen molar-refractivity contribution in [1.29, 1.82) is 0 Å². The molecule has 0 aliphatic carbocycles. The molecular weight excluding hydrogens is 328 g/mol. The van der Waals surface area contributed by atoms with Gasteiger partial charge in [0.25, 0.3) is 0 Å². The van der Waals surface area contributed by atoms with Crippen molar-refractivity contribution in [3.8, 4) is 0 Å². The van der Waals surface area contributed by atoms with Crippen LogP contribution in [0.5, 0.6) is 0 Å². The number of nitrogens with two attached hydrogens (primary N) is 2. The Morgan fingerprint density at radius 2 is 1.76 bits per heavy atom. The summed E-state index contributed by atoms with van der Waals surface area (Å²) in [5, 5.41) is 13.6. The lowest BCUT2D eigenvalue weighted by Crippen LogP contribution is -2.49. The van der Waals surface area contributed by atoms with Crippen LogP contribution in [0.25, 0.3) is 0 Å². The second-order valence-corrected chi connectivity index (χ2v) is 5.48. The summed E-state index contributed by atoms with van der Waals surface area (Å²) in [6.07, 6.45) is 0.00802. The fourth-order valence-electron chi connectivity index (χ4n) is 2.05. The predicted octanol–water partition coefficient (Wildman–Crippen LogP) is -1.49. The van der Waals surface area contributed by atoms with Gasteiger partial charge in [0.1, 0.15) is 6.04 Å². The Labute approximate surface area is 144 Å². The minimum Gasteiger partial charge on any atom is -0.480 e. The Morgan fingerprint density at radius 1 is 1.12 bits per heavy atom. The molecule has 7 N–H and O–H groups in total. The Kier molecular flexibility index (Phi) is 8.07. The van der Waals surface area contributed by atoms with Gasteiger partial charge in [-0.05, 0) is 18.4 Å². The molecule has 0 heterocycles. The molecule has 1 rings (SSSR count). The van der Waals surface area contributed by atoms with Crippen LogP contribution in [0.1, 0.15) is 18.4 Å². The number of benzene rings is 1. The molecule has 0 saturated carbocycles. The van der Waals surface area contributed by atoms with Crippen molar-refractivity contribution in [3.05, 3.63) is 35.9 Å². The maximum atomic E-state index is 11.9. The zero-order valence-electron chi connectivity index (χ0n) is 13.6. The Bertz CT molecular complexity index is 620. The molecule has 3 amide bonds. The molecule has 136 valence electrons. The van der Waals surface area contributed by atoms with E-state index in [0.717, 1.165) is 5.56 Å². The van der Waals surface area contributed by atoms with Gasteiger partial charge in [-0.15, -0.1) is 0 Å². The molecule has 2 unspecified atom stereocenters. The number of carbonyl (C=O) groups excluding carboxylic acids is 3. The number of carboxylic acids is 1. The van der Waals surface area contributed by atoms with E-state index in [2.05, 4.69) is 10.6 Å². The molecule has 0 radical (unpaired) electrons. The van der Waals surface area contributed by atoms with Crippen molar-refractivity contribution in [2.45, 2.75) is 31.3 Å². The first-order valence-electron chi connectivity index (χ1n) is 7.67. The lowest BCUT2D eigenvalue weighted by molar-refractivity contribution is -0.142. The minimum absolute atomic E-state index is 0.127. The molecule has 2 atom stereocenters. The van der Waals surface area contributed by atoms with Crippen LogP contribution in [0.15, 0.2) is 30.3 Å². The largest absolute Gasteiger partial charge is 0.480 e. The van der Waals surface area contributed by atoms with Crippen LogP contribution in [-0.4, -0.2) is 47.4 Å². The highest BCUT2D eigenvalue weighted by molar-refractivity contribution is 5.89. The summed E-state index contributed by atoms with van der Waals surface area (Å²) in [5.74, 6) is -3.18. The van der Waals surface area contributed by atoms with Crippen LogP contribution in [0.4, 0.5) is 0 Å². The summed E-state index contributed by atoms with van der Waals surface area (Å²) in [6, 6.07) is 7.06. The van der Waals surface area contributed by atoms with E-state index in [9.17, 15) is 19.2 Å². The lowest BCUT2D eigenvalue weighted by Gasteiger charge is -2.15. The summed E-state index contributed by atoms with van der Waals surface area (Å²) >= 11 is 0. The zero-order valence-corrected chi connectivity index (χ0v) is 13.6. The van der Waals surface area contributed by atoms with E-state index in [0.29, 0.717) is 6.42 Å². The third kappa shape index (κ3) is 7.93. The molecule has 9 nitrogen and oxygen atoms in total. The van der Waals surface area contributed by atoms with Gasteiger partial charge in [0.15, 0.2) is 0 Å². The molecule has 1 aromatic carbocycles. The fourth-order valence-corrected chi connectivity index (χ4v) is 2.05. The van der Waals surface area contributed by atoms with Crippen LogP contribution in [0.3, 0.4) is 0 Å². The zero-order chi connectivity index (χ0) is 18.8. The van der Waals surface area contributed by atoms with Crippen LogP contribution in [-0.2, 0) is 25.6 Å². The number of primary amides is 1. The molecule has 25 heavy (non-hydrogen) atoms. The van der Waals surface area contributed by atoms with E-state index in [1.807, 2.05) is 30.3 Å². The maximum absolute atomic E-state index is 11.9. The van der Waals surface area contributed by atoms with E-state index in [4.69, 9.17) is 16.6 Å². The topological polar surface area (TPSA) is 165 Å². The number of nitrogens with one attached hydrogen (secondary N) is 2. The Balaban J connectivity index is 2.41. The molecule has 9 heteroatoms. The summed E-state index contributed by atoms with van der Waals surface area (Å²) in [4.78, 5) is 45.4. The van der Waals surface area contributed by atoms with Gasteiger partial charge in [0.2, 0.25) is 17.7 Å². The molecule has 0 bridgehead atoms. The van der Waals surface area contributed by atoms with Crippen LogP contribution in [0, 0.1) is 0 Å². The molecule has 1 aromatic rings. The highest BCUT2D eigenvalue weighted by atomic mass is 16.4. The van der Waals surface area contributed by atoms with Gasteiger partial charge in [-0.1, -0.05) is 30.3 Å². The molecule has 0 aliphatic heterocycles. The molecule has 0 spiro atoms. The van der Waals surface area contributed by atoms with Gasteiger partial charge >= 0.3 is 5.97 Å². The minimum atomic E-state index is -1.29. The summed E-state index contributed by atoms with van der Waals surface area (Å²) in [6.45, 7) is -0.415. The van der Waals surface area contributed by atoms with E-state index < -0.39 is 42.3 Å². The van der Waals surface area contributed by atoms with Crippen LogP contribution < -0.4 is 22.1 Å². The van der Waals surface area contributed by atoms with Crippen molar-refractivity contribution >= 4 is 23.7 Å². The molecule has 0 aromatic heterocycles. The third-order valence-electron chi connectivity index (χ3n) is 3.37. The highest BCUT2D eigenvalue weighted by Crippen LogP contribution is 2.02. The third-order valence-corrected chi connectivity index (χ3v) is 3.37. The van der Waals surface area contributed by atoms with Crippen molar-refractivity contribution in [3.63, 3.8) is 0 Å². The normalized spacial score (nSPS) is 12.7. The molecule has 0 aliphatic rings. The van der Waals surface area contributed by atoms with Crippen molar-refractivity contribution in [2.24, 2.45) is 11.5 Å². The van der Waals surface area contributed by atoms with Gasteiger partial charge in [-0.25, -0.2) is 4.79 Å². The Morgan fingerprint density at radius 3 is 2.32 bits per heavy atom. The molecule has 0 saturated heterocycles. The standard InChI is InChI=1S/C16H22N4O5/c17-11(8-10-4-2-1-3-5-10)15(23)19-9-14(22)20-12(16(24)25)6-7-13(18)21/h1-5,11-12H,6-9,17H2,(H2,18,21)(H,19,23)(H,20,22)(H,24,25). The summed E-state index contributed by atoms with van der Waals surface area (Å²) < 4.78 is 0. The predicted molar refractivity (Wildman–Crippen MR) is 89.1 cm³/mol. The van der Waals surface area contributed by atoms with E-state index in [-0.39, 0.29) is 12.8 Å². The molecule has 0 fully saturated rings. The SMILES string of the molecule is NC(=O)CCC(NC(=O)CNC(=O)C(N)Cc1ccccc1)C(=O)O. The van der Waals surface area contributed by atoms with Crippen LogP contribution in [0.2, 0.25) is 0 Å². The summed E-state index contributed by atoms with van der Waals surface area (Å²) in [5.41, 5.74) is 11.6. The number of hydrogen-bond donors (Lipinski definition) is 5. The van der Waals surface area contributed by atoms with E-state index in [1.165, 1.54) is 0 Å². The number of aliphatic carboxylic acids is 1. The van der Waals surface area contributed by atoms with Crippen LogP contribution >= 0.6 is 0 Å². The van der Waals surface area contributed by atoms with Crippen molar-refractivity contribution < 1.29 is 24.3 Å². The first-order chi connectivity index (χ1) is 11.8.